The SMILES string of the molecule is CCC(O)CN1CCN(C(=O)C(NC(=O)c2ccc(Cl)cc2Cl)C(C)C)CC1. The average Bonchev–Trinajstić information content (AvgIpc) is 2.65. The Morgan fingerprint density at radius 1 is 1.18 bits per heavy atom. The van der Waals surface area contributed by atoms with E-state index in [1.807, 2.05) is 20.8 Å². The van der Waals surface area contributed by atoms with Crippen LogP contribution in [0.1, 0.15) is 37.6 Å². The van der Waals surface area contributed by atoms with Crippen LogP contribution in [-0.2, 0) is 4.79 Å². The quantitative estimate of drug-likeness (QED) is 0.698. The van der Waals surface area contributed by atoms with Crippen molar-refractivity contribution >= 4 is 35.0 Å². The summed E-state index contributed by atoms with van der Waals surface area (Å²) >= 11 is 12.0. The third-order valence-corrected chi connectivity index (χ3v) is 5.57. The first-order valence-corrected chi connectivity index (χ1v) is 10.4. The van der Waals surface area contributed by atoms with Crippen molar-refractivity contribution in [1.29, 1.82) is 0 Å². The molecule has 0 radical (unpaired) electrons. The number of hydrogen-bond donors (Lipinski definition) is 2. The molecule has 0 aliphatic carbocycles. The van der Waals surface area contributed by atoms with Gasteiger partial charge in [-0.15, -0.1) is 0 Å². The second kappa shape index (κ2) is 10.4. The summed E-state index contributed by atoms with van der Waals surface area (Å²) in [6, 6.07) is 4.03. The van der Waals surface area contributed by atoms with Gasteiger partial charge < -0.3 is 15.3 Å². The van der Waals surface area contributed by atoms with Crippen molar-refractivity contribution in [2.24, 2.45) is 5.92 Å². The minimum atomic E-state index is -0.632. The Hall–Kier alpha value is -1.34. The minimum absolute atomic E-state index is 0.0672. The number of benzene rings is 1. The molecule has 2 rings (SSSR count). The normalized spacial score (nSPS) is 17.5. The van der Waals surface area contributed by atoms with E-state index in [-0.39, 0.29) is 23.0 Å². The molecule has 8 heteroatoms. The summed E-state index contributed by atoms with van der Waals surface area (Å²) in [6.07, 6.45) is 0.377. The van der Waals surface area contributed by atoms with Crippen LogP contribution in [0.25, 0.3) is 0 Å². The number of hydrogen-bond acceptors (Lipinski definition) is 4. The second-order valence-electron chi connectivity index (χ2n) is 7.51. The van der Waals surface area contributed by atoms with Gasteiger partial charge >= 0.3 is 0 Å². The Morgan fingerprint density at radius 3 is 2.36 bits per heavy atom. The van der Waals surface area contributed by atoms with Crippen LogP contribution in [0.3, 0.4) is 0 Å². The summed E-state index contributed by atoms with van der Waals surface area (Å²) in [5.41, 5.74) is 0.294. The summed E-state index contributed by atoms with van der Waals surface area (Å²) in [5, 5.41) is 13.3. The van der Waals surface area contributed by atoms with Crippen LogP contribution in [0.15, 0.2) is 18.2 Å². The molecule has 0 aromatic heterocycles. The zero-order chi connectivity index (χ0) is 20.8. The van der Waals surface area contributed by atoms with Crippen LogP contribution < -0.4 is 5.32 Å². The fourth-order valence-corrected chi connectivity index (χ4v) is 3.68. The largest absolute Gasteiger partial charge is 0.392 e. The molecular weight excluding hydrogens is 401 g/mol. The molecule has 2 unspecified atom stereocenters. The van der Waals surface area contributed by atoms with E-state index in [1.54, 1.807) is 17.0 Å². The van der Waals surface area contributed by atoms with Crippen molar-refractivity contribution in [1.82, 2.24) is 15.1 Å². The van der Waals surface area contributed by atoms with Gasteiger partial charge in [0.25, 0.3) is 5.91 Å². The molecule has 1 aromatic rings. The van der Waals surface area contributed by atoms with Gasteiger partial charge in [0, 0.05) is 37.7 Å². The number of amides is 2. The monoisotopic (exact) mass is 429 g/mol. The Bertz CT molecular complexity index is 691. The highest BCUT2D eigenvalue weighted by Gasteiger charge is 2.31. The highest BCUT2D eigenvalue weighted by molar-refractivity contribution is 6.36. The Balaban J connectivity index is 2.00. The van der Waals surface area contributed by atoms with E-state index in [4.69, 9.17) is 23.2 Å². The molecule has 1 fully saturated rings. The van der Waals surface area contributed by atoms with Gasteiger partial charge in [-0.3, -0.25) is 14.5 Å². The van der Waals surface area contributed by atoms with Crippen molar-refractivity contribution in [3.63, 3.8) is 0 Å². The van der Waals surface area contributed by atoms with Crippen LogP contribution in [0.4, 0.5) is 0 Å². The van der Waals surface area contributed by atoms with Gasteiger partial charge in [-0.25, -0.2) is 0 Å². The fourth-order valence-electron chi connectivity index (χ4n) is 3.18. The van der Waals surface area contributed by atoms with Crippen LogP contribution in [-0.4, -0.2) is 71.6 Å². The molecule has 6 nitrogen and oxygen atoms in total. The molecule has 156 valence electrons. The first-order chi connectivity index (χ1) is 13.2. The summed E-state index contributed by atoms with van der Waals surface area (Å²) in [5.74, 6) is -0.551. The lowest BCUT2D eigenvalue weighted by atomic mass is 10.0. The number of carbonyl (C=O) groups excluding carboxylic acids is 2. The molecule has 1 aromatic carbocycles. The molecule has 28 heavy (non-hydrogen) atoms. The zero-order valence-electron chi connectivity index (χ0n) is 16.6. The smallest absolute Gasteiger partial charge is 0.253 e. The van der Waals surface area contributed by atoms with E-state index in [0.29, 0.717) is 49.7 Å². The third kappa shape index (κ3) is 6.08. The molecule has 0 bridgehead atoms. The molecule has 2 atom stereocenters. The number of nitrogens with one attached hydrogen (secondary N) is 1. The zero-order valence-corrected chi connectivity index (χ0v) is 18.1. The number of piperazine rings is 1. The molecule has 1 aliphatic heterocycles. The van der Waals surface area contributed by atoms with E-state index in [2.05, 4.69) is 10.2 Å². The van der Waals surface area contributed by atoms with Crippen molar-refractivity contribution in [2.75, 3.05) is 32.7 Å². The number of carbonyl (C=O) groups is 2. The average molecular weight is 430 g/mol. The van der Waals surface area contributed by atoms with Gasteiger partial charge in [0.05, 0.1) is 16.7 Å². The number of rotatable bonds is 7. The Morgan fingerprint density at radius 2 is 1.82 bits per heavy atom. The van der Waals surface area contributed by atoms with Crippen molar-refractivity contribution in [3.05, 3.63) is 33.8 Å². The predicted octanol–water partition coefficient (Wildman–Crippen LogP) is 2.66. The Kier molecular flexibility index (Phi) is 8.56. The number of nitrogens with zero attached hydrogens (tertiary/aromatic N) is 2. The maximum absolute atomic E-state index is 13.0. The number of aliphatic hydroxyl groups is 1. The molecule has 2 amide bonds. The van der Waals surface area contributed by atoms with Gasteiger partial charge in [-0.2, -0.15) is 0 Å². The number of halogens is 2. The predicted molar refractivity (Wildman–Crippen MR) is 112 cm³/mol. The molecule has 1 aliphatic rings. The third-order valence-electron chi connectivity index (χ3n) is 5.02. The lowest BCUT2D eigenvalue weighted by Gasteiger charge is -2.37. The molecule has 0 spiro atoms. The topological polar surface area (TPSA) is 72.9 Å². The first-order valence-electron chi connectivity index (χ1n) is 9.68. The van der Waals surface area contributed by atoms with Crippen LogP contribution >= 0.6 is 23.2 Å². The van der Waals surface area contributed by atoms with Gasteiger partial charge in [0.15, 0.2) is 0 Å². The standard InChI is InChI=1S/C20H29Cl2N3O3/c1-4-15(26)12-24-7-9-25(10-8-24)20(28)18(13(2)3)23-19(27)16-6-5-14(21)11-17(16)22/h5-6,11,13,15,18,26H,4,7-10,12H2,1-3H3,(H,23,27). The molecule has 1 saturated heterocycles. The minimum Gasteiger partial charge on any atom is -0.392 e. The van der Waals surface area contributed by atoms with E-state index in [1.165, 1.54) is 6.07 Å². The lowest BCUT2D eigenvalue weighted by molar-refractivity contribution is -0.136. The molecule has 1 heterocycles. The van der Waals surface area contributed by atoms with Crippen molar-refractivity contribution in [2.45, 2.75) is 39.3 Å². The first kappa shape index (κ1) is 22.9. The van der Waals surface area contributed by atoms with E-state index in [9.17, 15) is 14.7 Å². The number of aliphatic hydroxyl groups excluding tert-OH is 1. The van der Waals surface area contributed by atoms with Crippen molar-refractivity contribution in [3.8, 4) is 0 Å². The fraction of sp³-hybridized carbons (Fsp3) is 0.600. The van der Waals surface area contributed by atoms with Crippen LogP contribution in [0.2, 0.25) is 10.0 Å². The van der Waals surface area contributed by atoms with E-state index >= 15 is 0 Å². The van der Waals surface area contributed by atoms with E-state index < -0.39 is 11.9 Å². The molecule has 2 N–H and O–H groups in total. The highest BCUT2D eigenvalue weighted by atomic mass is 35.5. The molecule has 0 saturated carbocycles. The maximum atomic E-state index is 13.0. The maximum Gasteiger partial charge on any atom is 0.253 e. The van der Waals surface area contributed by atoms with Crippen LogP contribution in [0, 0.1) is 5.92 Å². The van der Waals surface area contributed by atoms with Gasteiger partial charge in [0.1, 0.15) is 6.04 Å². The van der Waals surface area contributed by atoms with Gasteiger partial charge in [0.2, 0.25) is 5.91 Å². The van der Waals surface area contributed by atoms with Gasteiger partial charge in [-0.05, 0) is 30.5 Å². The summed E-state index contributed by atoms with van der Waals surface area (Å²) < 4.78 is 0. The summed E-state index contributed by atoms with van der Waals surface area (Å²) in [4.78, 5) is 29.6. The van der Waals surface area contributed by atoms with E-state index in [0.717, 1.165) is 0 Å². The number of β-amino-alcohol motifs (C(OH)–C–C–N with tert-alkyl or cyclic N) is 1. The van der Waals surface area contributed by atoms with Crippen LogP contribution in [0.5, 0.6) is 0 Å². The second-order valence-corrected chi connectivity index (χ2v) is 8.35. The van der Waals surface area contributed by atoms with Gasteiger partial charge in [-0.1, -0.05) is 44.0 Å². The molecular formula is C20H29Cl2N3O3. The lowest BCUT2D eigenvalue weighted by Crippen LogP contribution is -2.57. The summed E-state index contributed by atoms with van der Waals surface area (Å²) in [7, 11) is 0. The van der Waals surface area contributed by atoms with Crippen molar-refractivity contribution < 1.29 is 14.7 Å². The highest BCUT2D eigenvalue weighted by Crippen LogP contribution is 2.21. The Labute approximate surface area is 176 Å². The summed E-state index contributed by atoms with van der Waals surface area (Å²) in [6.45, 7) is 8.97.